The molecule has 2 heterocycles. The van der Waals surface area contributed by atoms with Gasteiger partial charge in [0.15, 0.2) is 0 Å². The molecule has 3 rings (SSSR count). The van der Waals surface area contributed by atoms with Crippen LogP contribution >= 0.6 is 0 Å². The van der Waals surface area contributed by atoms with E-state index in [4.69, 9.17) is 0 Å². The Morgan fingerprint density at radius 3 is 2.78 bits per heavy atom. The number of hydrogen-bond donors (Lipinski definition) is 0. The van der Waals surface area contributed by atoms with Crippen molar-refractivity contribution in [1.82, 2.24) is 14.5 Å². The van der Waals surface area contributed by atoms with Crippen molar-refractivity contribution in [3.63, 3.8) is 0 Å². The summed E-state index contributed by atoms with van der Waals surface area (Å²) in [6, 6.07) is 2.16. The molecule has 3 nitrogen and oxygen atoms in total. The van der Waals surface area contributed by atoms with Gasteiger partial charge in [-0.1, -0.05) is 19.3 Å². The van der Waals surface area contributed by atoms with E-state index in [9.17, 15) is 0 Å². The summed E-state index contributed by atoms with van der Waals surface area (Å²) in [7, 11) is 0. The SMILES string of the molecule is Cc1cc2c(cn1)nc(C)n2CC1CCCCC1. The summed E-state index contributed by atoms with van der Waals surface area (Å²) in [5.41, 5.74) is 3.37. The zero-order valence-electron chi connectivity index (χ0n) is 11.3. The lowest BCUT2D eigenvalue weighted by Crippen LogP contribution is -2.15. The summed E-state index contributed by atoms with van der Waals surface area (Å²) in [6.45, 7) is 5.29. The highest BCUT2D eigenvalue weighted by atomic mass is 15.1. The molecule has 1 aliphatic carbocycles. The van der Waals surface area contributed by atoms with Crippen molar-refractivity contribution < 1.29 is 0 Å². The number of aromatic nitrogens is 3. The van der Waals surface area contributed by atoms with Gasteiger partial charge in [0.05, 0.1) is 11.7 Å². The fraction of sp³-hybridized carbons (Fsp3) is 0.600. The van der Waals surface area contributed by atoms with Crippen molar-refractivity contribution in [3.05, 3.63) is 23.8 Å². The third-order valence-electron chi connectivity index (χ3n) is 4.13. The van der Waals surface area contributed by atoms with Crippen molar-refractivity contribution in [1.29, 1.82) is 0 Å². The molecular weight excluding hydrogens is 222 g/mol. The number of nitrogens with zero attached hydrogens (tertiary/aromatic N) is 3. The molecule has 1 fully saturated rings. The number of hydrogen-bond acceptors (Lipinski definition) is 2. The highest BCUT2D eigenvalue weighted by Gasteiger charge is 2.16. The molecule has 0 aliphatic heterocycles. The van der Waals surface area contributed by atoms with Gasteiger partial charge in [-0.2, -0.15) is 0 Å². The second-order valence-electron chi connectivity index (χ2n) is 5.59. The Morgan fingerprint density at radius 1 is 1.22 bits per heavy atom. The minimum atomic E-state index is 0.836. The summed E-state index contributed by atoms with van der Waals surface area (Å²) < 4.78 is 2.39. The van der Waals surface area contributed by atoms with E-state index in [-0.39, 0.29) is 0 Å². The Balaban J connectivity index is 1.94. The normalized spacial score (nSPS) is 17.4. The molecule has 96 valence electrons. The maximum Gasteiger partial charge on any atom is 0.107 e. The van der Waals surface area contributed by atoms with Gasteiger partial charge in [0.25, 0.3) is 0 Å². The lowest BCUT2D eigenvalue weighted by Gasteiger charge is -2.22. The summed E-state index contributed by atoms with van der Waals surface area (Å²) in [5.74, 6) is 1.96. The van der Waals surface area contributed by atoms with Crippen LogP contribution < -0.4 is 0 Å². The lowest BCUT2D eigenvalue weighted by molar-refractivity contribution is 0.320. The first-order valence-electron chi connectivity index (χ1n) is 7.03. The molecule has 0 atom stereocenters. The van der Waals surface area contributed by atoms with E-state index in [1.54, 1.807) is 0 Å². The molecule has 1 saturated carbocycles. The number of fused-ring (bicyclic) bond motifs is 1. The van der Waals surface area contributed by atoms with Crippen LogP contribution in [0.15, 0.2) is 12.3 Å². The molecule has 0 aromatic carbocycles. The number of aryl methyl sites for hydroxylation is 2. The Labute approximate surface area is 108 Å². The molecule has 18 heavy (non-hydrogen) atoms. The standard InChI is InChI=1S/C15H21N3/c1-11-8-15-14(9-16-11)17-12(2)18(15)10-13-6-4-3-5-7-13/h8-9,13H,3-7,10H2,1-2H3. The van der Waals surface area contributed by atoms with Crippen molar-refractivity contribution in [2.45, 2.75) is 52.5 Å². The van der Waals surface area contributed by atoms with Crippen molar-refractivity contribution >= 4 is 11.0 Å². The molecule has 0 amide bonds. The minimum Gasteiger partial charge on any atom is -0.328 e. The van der Waals surface area contributed by atoms with Gasteiger partial charge in [-0.3, -0.25) is 4.98 Å². The zero-order valence-corrected chi connectivity index (χ0v) is 11.3. The van der Waals surface area contributed by atoms with Gasteiger partial charge in [-0.05, 0) is 38.7 Å². The van der Waals surface area contributed by atoms with Crippen LogP contribution in [0.3, 0.4) is 0 Å². The van der Waals surface area contributed by atoms with Crippen molar-refractivity contribution in [3.8, 4) is 0 Å². The highest BCUT2D eigenvalue weighted by Crippen LogP contribution is 2.27. The van der Waals surface area contributed by atoms with Crippen LogP contribution in [-0.4, -0.2) is 14.5 Å². The molecule has 0 N–H and O–H groups in total. The molecule has 3 heteroatoms. The Bertz CT molecular complexity index is 550. The Hall–Kier alpha value is -1.38. The monoisotopic (exact) mass is 243 g/mol. The molecule has 0 bridgehead atoms. The third kappa shape index (κ3) is 2.14. The summed E-state index contributed by atoms with van der Waals surface area (Å²) >= 11 is 0. The smallest absolute Gasteiger partial charge is 0.107 e. The van der Waals surface area contributed by atoms with Gasteiger partial charge in [-0.25, -0.2) is 4.98 Å². The van der Waals surface area contributed by atoms with Crippen LogP contribution in [0, 0.1) is 19.8 Å². The maximum absolute atomic E-state index is 4.62. The molecular formula is C15H21N3. The fourth-order valence-corrected chi connectivity index (χ4v) is 3.11. The van der Waals surface area contributed by atoms with Gasteiger partial charge >= 0.3 is 0 Å². The molecule has 0 radical (unpaired) electrons. The van der Waals surface area contributed by atoms with E-state index >= 15 is 0 Å². The summed E-state index contributed by atoms with van der Waals surface area (Å²) in [6.07, 6.45) is 8.87. The first kappa shape index (κ1) is 11.7. The Kier molecular flexibility index (Phi) is 3.06. The maximum atomic E-state index is 4.62. The first-order valence-corrected chi connectivity index (χ1v) is 7.03. The van der Waals surface area contributed by atoms with E-state index in [1.807, 2.05) is 13.1 Å². The van der Waals surface area contributed by atoms with E-state index in [0.29, 0.717) is 0 Å². The molecule has 2 aromatic rings. The van der Waals surface area contributed by atoms with Crippen molar-refractivity contribution in [2.24, 2.45) is 5.92 Å². The van der Waals surface area contributed by atoms with Crippen LogP contribution in [0.4, 0.5) is 0 Å². The Morgan fingerprint density at radius 2 is 2.00 bits per heavy atom. The van der Waals surface area contributed by atoms with Gasteiger partial charge < -0.3 is 4.57 Å². The summed E-state index contributed by atoms with van der Waals surface area (Å²) in [4.78, 5) is 8.95. The van der Waals surface area contributed by atoms with Crippen LogP contribution in [0.1, 0.15) is 43.6 Å². The second-order valence-corrected chi connectivity index (χ2v) is 5.59. The average molecular weight is 243 g/mol. The van der Waals surface area contributed by atoms with Crippen LogP contribution in [0.25, 0.3) is 11.0 Å². The molecule has 2 aromatic heterocycles. The minimum absolute atomic E-state index is 0.836. The molecule has 0 saturated heterocycles. The van der Waals surface area contributed by atoms with E-state index < -0.39 is 0 Å². The largest absolute Gasteiger partial charge is 0.328 e. The average Bonchev–Trinajstić information content (AvgIpc) is 2.67. The summed E-state index contributed by atoms with van der Waals surface area (Å²) in [5, 5.41) is 0. The number of imidazole rings is 1. The van der Waals surface area contributed by atoms with Gasteiger partial charge in [0.1, 0.15) is 11.3 Å². The fourth-order valence-electron chi connectivity index (χ4n) is 3.11. The lowest BCUT2D eigenvalue weighted by atomic mass is 9.89. The third-order valence-corrected chi connectivity index (χ3v) is 4.13. The first-order chi connectivity index (χ1) is 8.74. The van der Waals surface area contributed by atoms with Gasteiger partial charge in [0, 0.05) is 12.2 Å². The second kappa shape index (κ2) is 4.71. The van der Waals surface area contributed by atoms with Crippen LogP contribution in [0.2, 0.25) is 0 Å². The quantitative estimate of drug-likeness (QED) is 0.806. The topological polar surface area (TPSA) is 30.7 Å². The number of pyridine rings is 1. The molecule has 0 spiro atoms. The van der Waals surface area contributed by atoms with E-state index in [1.165, 1.54) is 37.6 Å². The van der Waals surface area contributed by atoms with E-state index in [0.717, 1.165) is 29.5 Å². The van der Waals surface area contributed by atoms with Gasteiger partial charge in [0.2, 0.25) is 0 Å². The van der Waals surface area contributed by atoms with Gasteiger partial charge in [-0.15, -0.1) is 0 Å². The highest BCUT2D eigenvalue weighted by molar-refractivity contribution is 5.75. The molecule has 0 unspecified atom stereocenters. The predicted octanol–water partition coefficient (Wildman–Crippen LogP) is 3.63. The predicted molar refractivity (Wildman–Crippen MR) is 73.6 cm³/mol. The molecule has 1 aliphatic rings. The number of rotatable bonds is 2. The zero-order chi connectivity index (χ0) is 12.5. The van der Waals surface area contributed by atoms with Crippen LogP contribution in [-0.2, 0) is 6.54 Å². The van der Waals surface area contributed by atoms with Crippen molar-refractivity contribution in [2.75, 3.05) is 0 Å². The van der Waals surface area contributed by atoms with E-state index in [2.05, 4.69) is 27.5 Å². The van der Waals surface area contributed by atoms with Crippen LogP contribution in [0.5, 0.6) is 0 Å².